The molecule has 0 unspecified atom stereocenters. The molecule has 1 aliphatic rings. The first kappa shape index (κ1) is 14.1. The minimum absolute atomic E-state index is 0.00911. The van der Waals surface area contributed by atoms with Gasteiger partial charge in [-0.25, -0.2) is 4.98 Å². The number of hydrogen-bond acceptors (Lipinski definition) is 4. The van der Waals surface area contributed by atoms with Crippen LogP contribution in [0.4, 0.5) is 0 Å². The van der Waals surface area contributed by atoms with Crippen molar-refractivity contribution in [2.24, 2.45) is 5.92 Å². The molecular formula is C14H23N3O2. The summed E-state index contributed by atoms with van der Waals surface area (Å²) in [6.45, 7) is 6.30. The third-order valence-electron chi connectivity index (χ3n) is 3.80. The van der Waals surface area contributed by atoms with Gasteiger partial charge < -0.3 is 14.6 Å². The van der Waals surface area contributed by atoms with Crippen LogP contribution in [-0.2, 0) is 0 Å². The maximum atomic E-state index is 12.3. The maximum absolute atomic E-state index is 12.3. The summed E-state index contributed by atoms with van der Waals surface area (Å²) in [5.41, 5.74) is 0.694. The van der Waals surface area contributed by atoms with Crippen LogP contribution in [0, 0.1) is 19.8 Å². The Morgan fingerprint density at radius 3 is 2.63 bits per heavy atom. The Morgan fingerprint density at radius 2 is 2.11 bits per heavy atom. The standard InChI is InChI=1S/C14H23N3O2/c1-10-13(19-11(2)16-10)14(18)17-8-5-12(6-9-17)4-7-15-3/h12,15H,4-9H2,1-3H3. The van der Waals surface area contributed by atoms with E-state index in [1.165, 1.54) is 6.42 Å². The summed E-state index contributed by atoms with van der Waals surface area (Å²) in [6.07, 6.45) is 3.36. The van der Waals surface area contributed by atoms with Crippen LogP contribution in [0.25, 0.3) is 0 Å². The number of amides is 1. The number of carbonyl (C=O) groups excluding carboxylic acids is 1. The molecule has 0 saturated carbocycles. The number of oxazole rings is 1. The van der Waals surface area contributed by atoms with E-state index in [0.717, 1.165) is 38.4 Å². The summed E-state index contributed by atoms with van der Waals surface area (Å²) >= 11 is 0. The van der Waals surface area contributed by atoms with Gasteiger partial charge in [-0.15, -0.1) is 0 Å². The summed E-state index contributed by atoms with van der Waals surface area (Å²) in [7, 11) is 1.98. The van der Waals surface area contributed by atoms with E-state index in [1.807, 2.05) is 18.9 Å². The van der Waals surface area contributed by atoms with Crippen molar-refractivity contribution in [3.63, 3.8) is 0 Å². The molecule has 2 rings (SSSR count). The average molecular weight is 265 g/mol. The Kier molecular flexibility index (Phi) is 4.58. The highest BCUT2D eigenvalue weighted by Gasteiger charge is 2.26. The molecule has 106 valence electrons. The minimum atomic E-state index is -0.00911. The fourth-order valence-corrected chi connectivity index (χ4v) is 2.65. The number of carbonyl (C=O) groups is 1. The highest BCUT2D eigenvalue weighted by atomic mass is 16.4. The number of piperidine rings is 1. The molecule has 0 aliphatic carbocycles. The molecule has 2 heterocycles. The third-order valence-corrected chi connectivity index (χ3v) is 3.80. The van der Waals surface area contributed by atoms with Gasteiger partial charge in [0.25, 0.3) is 5.91 Å². The van der Waals surface area contributed by atoms with Crippen molar-refractivity contribution in [3.05, 3.63) is 17.3 Å². The van der Waals surface area contributed by atoms with E-state index in [1.54, 1.807) is 6.92 Å². The Bertz CT molecular complexity index is 434. The Labute approximate surface area is 114 Å². The smallest absolute Gasteiger partial charge is 0.291 e. The highest BCUT2D eigenvalue weighted by molar-refractivity contribution is 5.92. The molecule has 0 radical (unpaired) electrons. The number of likely N-dealkylation sites (tertiary alicyclic amines) is 1. The van der Waals surface area contributed by atoms with Gasteiger partial charge in [0.15, 0.2) is 5.89 Å². The van der Waals surface area contributed by atoms with Gasteiger partial charge in [-0.1, -0.05) is 0 Å². The summed E-state index contributed by atoms with van der Waals surface area (Å²) < 4.78 is 5.41. The quantitative estimate of drug-likeness (QED) is 0.901. The zero-order valence-electron chi connectivity index (χ0n) is 12.0. The van der Waals surface area contributed by atoms with Gasteiger partial charge in [-0.3, -0.25) is 4.79 Å². The number of nitrogens with zero attached hydrogens (tertiary/aromatic N) is 2. The Morgan fingerprint density at radius 1 is 1.42 bits per heavy atom. The van der Waals surface area contributed by atoms with Crippen molar-refractivity contribution in [3.8, 4) is 0 Å². The van der Waals surface area contributed by atoms with Crippen molar-refractivity contribution in [2.45, 2.75) is 33.1 Å². The molecule has 1 N–H and O–H groups in total. The molecule has 0 atom stereocenters. The molecule has 0 bridgehead atoms. The SMILES string of the molecule is CNCCC1CCN(C(=O)c2oc(C)nc2C)CC1. The number of aromatic nitrogens is 1. The molecule has 0 aromatic carbocycles. The average Bonchev–Trinajstić information content (AvgIpc) is 2.75. The molecule has 1 aromatic rings. The number of rotatable bonds is 4. The molecule has 5 heteroatoms. The van der Waals surface area contributed by atoms with Crippen LogP contribution in [0.15, 0.2) is 4.42 Å². The monoisotopic (exact) mass is 265 g/mol. The van der Waals surface area contributed by atoms with Crippen molar-refractivity contribution >= 4 is 5.91 Å². The Balaban J connectivity index is 1.91. The molecule has 1 amide bonds. The summed E-state index contributed by atoms with van der Waals surface area (Å²) in [5.74, 6) is 1.69. The fraction of sp³-hybridized carbons (Fsp3) is 0.714. The third kappa shape index (κ3) is 3.35. The van der Waals surface area contributed by atoms with Gasteiger partial charge >= 0.3 is 0 Å². The molecule has 1 saturated heterocycles. The lowest BCUT2D eigenvalue weighted by molar-refractivity contribution is 0.0652. The van der Waals surface area contributed by atoms with Crippen LogP contribution < -0.4 is 5.32 Å². The van der Waals surface area contributed by atoms with Gasteiger partial charge in [0.05, 0.1) is 5.69 Å². The predicted octanol–water partition coefficient (Wildman–Crippen LogP) is 1.75. The largest absolute Gasteiger partial charge is 0.436 e. The van der Waals surface area contributed by atoms with Crippen LogP contribution in [0.3, 0.4) is 0 Å². The Hall–Kier alpha value is -1.36. The lowest BCUT2D eigenvalue weighted by Gasteiger charge is -2.31. The van der Waals surface area contributed by atoms with E-state index in [4.69, 9.17) is 4.42 Å². The van der Waals surface area contributed by atoms with E-state index in [2.05, 4.69) is 10.3 Å². The van der Waals surface area contributed by atoms with Crippen LogP contribution in [0.2, 0.25) is 0 Å². The minimum Gasteiger partial charge on any atom is -0.436 e. The van der Waals surface area contributed by atoms with Crippen molar-refractivity contribution in [2.75, 3.05) is 26.7 Å². The summed E-state index contributed by atoms with van der Waals surface area (Å²) in [4.78, 5) is 18.4. The van der Waals surface area contributed by atoms with E-state index >= 15 is 0 Å². The van der Waals surface area contributed by atoms with Crippen LogP contribution >= 0.6 is 0 Å². The highest BCUT2D eigenvalue weighted by Crippen LogP contribution is 2.22. The zero-order chi connectivity index (χ0) is 13.8. The maximum Gasteiger partial charge on any atom is 0.291 e. The normalized spacial score (nSPS) is 16.9. The first-order valence-electron chi connectivity index (χ1n) is 6.99. The van der Waals surface area contributed by atoms with Gasteiger partial charge in [0.1, 0.15) is 0 Å². The van der Waals surface area contributed by atoms with E-state index in [9.17, 15) is 4.79 Å². The van der Waals surface area contributed by atoms with Gasteiger partial charge in [-0.05, 0) is 45.7 Å². The molecular weight excluding hydrogens is 242 g/mol. The molecule has 1 fully saturated rings. The first-order valence-corrected chi connectivity index (χ1v) is 6.99. The second-order valence-electron chi connectivity index (χ2n) is 5.28. The molecule has 5 nitrogen and oxygen atoms in total. The lowest BCUT2D eigenvalue weighted by Crippen LogP contribution is -2.39. The van der Waals surface area contributed by atoms with E-state index in [0.29, 0.717) is 17.3 Å². The van der Waals surface area contributed by atoms with Gasteiger partial charge in [0, 0.05) is 20.0 Å². The fourth-order valence-electron chi connectivity index (χ4n) is 2.65. The number of hydrogen-bond donors (Lipinski definition) is 1. The second kappa shape index (κ2) is 6.19. The van der Waals surface area contributed by atoms with Crippen molar-refractivity contribution < 1.29 is 9.21 Å². The molecule has 1 aliphatic heterocycles. The molecule has 0 spiro atoms. The van der Waals surface area contributed by atoms with Crippen molar-refractivity contribution in [1.82, 2.24) is 15.2 Å². The van der Waals surface area contributed by atoms with Crippen LogP contribution in [-0.4, -0.2) is 42.5 Å². The zero-order valence-corrected chi connectivity index (χ0v) is 12.0. The summed E-state index contributed by atoms with van der Waals surface area (Å²) in [6, 6.07) is 0. The molecule has 1 aromatic heterocycles. The topological polar surface area (TPSA) is 58.4 Å². The van der Waals surface area contributed by atoms with Gasteiger partial charge in [0.2, 0.25) is 5.76 Å². The lowest BCUT2D eigenvalue weighted by atomic mass is 9.93. The van der Waals surface area contributed by atoms with Crippen LogP contribution in [0.1, 0.15) is 41.4 Å². The van der Waals surface area contributed by atoms with Crippen molar-refractivity contribution in [1.29, 1.82) is 0 Å². The number of aryl methyl sites for hydroxylation is 2. The predicted molar refractivity (Wildman–Crippen MR) is 73.1 cm³/mol. The second-order valence-corrected chi connectivity index (χ2v) is 5.28. The summed E-state index contributed by atoms with van der Waals surface area (Å²) in [5, 5.41) is 3.18. The van der Waals surface area contributed by atoms with E-state index < -0.39 is 0 Å². The van der Waals surface area contributed by atoms with E-state index in [-0.39, 0.29) is 5.91 Å². The van der Waals surface area contributed by atoms with Crippen LogP contribution in [0.5, 0.6) is 0 Å². The first-order chi connectivity index (χ1) is 9.11. The molecule has 19 heavy (non-hydrogen) atoms. The number of nitrogens with one attached hydrogen (secondary N) is 1. The van der Waals surface area contributed by atoms with Gasteiger partial charge in [-0.2, -0.15) is 0 Å².